The van der Waals surface area contributed by atoms with Gasteiger partial charge in [0, 0.05) is 25.6 Å². The van der Waals surface area contributed by atoms with E-state index in [4.69, 9.17) is 0 Å². The molecule has 1 fully saturated rings. The third-order valence-electron chi connectivity index (χ3n) is 3.86. The van der Waals surface area contributed by atoms with Gasteiger partial charge in [-0.1, -0.05) is 12.1 Å². The molecule has 2 rings (SSSR count). The molecule has 1 saturated heterocycles. The first kappa shape index (κ1) is 15.0. The Hall–Kier alpha value is -2.44. The van der Waals surface area contributed by atoms with Crippen molar-refractivity contribution in [1.29, 1.82) is 0 Å². The molecule has 7 heteroatoms. The molecule has 0 bridgehead atoms. The van der Waals surface area contributed by atoms with Crippen molar-refractivity contribution < 1.29 is 19.6 Å². The highest BCUT2D eigenvalue weighted by Gasteiger charge is 2.36. The Kier molecular flexibility index (Phi) is 4.21. The molecule has 1 aliphatic rings. The van der Waals surface area contributed by atoms with E-state index in [1.807, 2.05) is 0 Å². The van der Waals surface area contributed by atoms with Gasteiger partial charge in [-0.3, -0.25) is 19.7 Å². The number of carbonyl (C=O) groups is 2. The minimum absolute atomic E-state index is 0.0618. The number of amides is 1. The first-order chi connectivity index (χ1) is 9.91. The zero-order valence-corrected chi connectivity index (χ0v) is 11.6. The summed E-state index contributed by atoms with van der Waals surface area (Å²) in [6, 6.07) is 5.11. The highest BCUT2D eigenvalue weighted by molar-refractivity contribution is 5.79. The third kappa shape index (κ3) is 3.01. The lowest BCUT2D eigenvalue weighted by Crippen LogP contribution is -2.36. The molecular weight excluding hydrogens is 276 g/mol. The van der Waals surface area contributed by atoms with Crippen molar-refractivity contribution in [3.8, 4) is 0 Å². The molecule has 1 aromatic rings. The van der Waals surface area contributed by atoms with Crippen LogP contribution in [-0.2, 0) is 9.59 Å². The topological polar surface area (TPSA) is 101 Å². The van der Waals surface area contributed by atoms with Crippen LogP contribution >= 0.6 is 0 Å². The number of hydrogen-bond donors (Lipinski definition) is 1. The van der Waals surface area contributed by atoms with Gasteiger partial charge in [0.15, 0.2) is 0 Å². The summed E-state index contributed by atoms with van der Waals surface area (Å²) in [5.74, 6) is -1.77. The number of likely N-dealkylation sites (tertiary alicyclic amines) is 1. The first-order valence-corrected chi connectivity index (χ1v) is 6.64. The summed E-state index contributed by atoms with van der Waals surface area (Å²) >= 11 is 0. The number of rotatable bonds is 3. The number of hydrogen-bond acceptors (Lipinski definition) is 4. The van der Waals surface area contributed by atoms with Crippen LogP contribution in [0.5, 0.6) is 0 Å². The second kappa shape index (κ2) is 5.90. The van der Waals surface area contributed by atoms with E-state index in [1.54, 1.807) is 7.05 Å². The molecule has 1 aromatic carbocycles. The SMILES string of the molecule is CN1C(=O)CCCC(C(=O)O)C1c1ccc([N+](=O)[O-])cc1. The standard InChI is InChI=1S/C14H16N2O5/c1-15-12(17)4-2-3-11(14(18)19)13(15)9-5-7-10(8-6-9)16(20)21/h5-8,11,13H,2-4H2,1H3,(H,18,19). The van der Waals surface area contributed by atoms with Crippen molar-refractivity contribution in [3.63, 3.8) is 0 Å². The third-order valence-corrected chi connectivity index (χ3v) is 3.86. The minimum atomic E-state index is -0.958. The molecule has 0 spiro atoms. The fraction of sp³-hybridized carbons (Fsp3) is 0.429. The Morgan fingerprint density at radius 3 is 2.52 bits per heavy atom. The Bertz CT molecular complexity index is 569. The summed E-state index contributed by atoms with van der Waals surface area (Å²) in [6.07, 6.45) is 1.26. The van der Waals surface area contributed by atoms with Gasteiger partial charge in [-0.2, -0.15) is 0 Å². The maximum Gasteiger partial charge on any atom is 0.308 e. The van der Waals surface area contributed by atoms with Crippen LogP contribution in [0.4, 0.5) is 5.69 Å². The molecule has 2 atom stereocenters. The van der Waals surface area contributed by atoms with Gasteiger partial charge in [0.25, 0.3) is 5.69 Å². The summed E-state index contributed by atoms with van der Waals surface area (Å²) in [5, 5.41) is 20.1. The highest BCUT2D eigenvalue weighted by atomic mass is 16.6. The summed E-state index contributed by atoms with van der Waals surface area (Å²) in [7, 11) is 1.58. The van der Waals surface area contributed by atoms with E-state index in [-0.39, 0.29) is 11.6 Å². The number of carboxylic acids is 1. The second-order valence-electron chi connectivity index (χ2n) is 5.14. The molecule has 112 valence electrons. The quantitative estimate of drug-likeness (QED) is 0.678. The van der Waals surface area contributed by atoms with Crippen molar-refractivity contribution in [2.45, 2.75) is 25.3 Å². The second-order valence-corrected chi connectivity index (χ2v) is 5.14. The largest absolute Gasteiger partial charge is 0.481 e. The van der Waals surface area contributed by atoms with Gasteiger partial charge in [0.2, 0.25) is 5.91 Å². The van der Waals surface area contributed by atoms with E-state index in [2.05, 4.69) is 0 Å². The maximum absolute atomic E-state index is 12.0. The molecule has 1 heterocycles. The van der Waals surface area contributed by atoms with Gasteiger partial charge in [0.1, 0.15) is 0 Å². The average molecular weight is 292 g/mol. The van der Waals surface area contributed by atoms with Crippen molar-refractivity contribution in [1.82, 2.24) is 4.90 Å². The molecule has 1 N–H and O–H groups in total. The van der Waals surface area contributed by atoms with Crippen LogP contribution in [0.25, 0.3) is 0 Å². The van der Waals surface area contributed by atoms with E-state index in [0.29, 0.717) is 24.8 Å². The molecule has 1 amide bonds. The van der Waals surface area contributed by atoms with Crippen LogP contribution in [-0.4, -0.2) is 33.9 Å². The Labute approximate surface area is 121 Å². The normalized spacial score (nSPS) is 22.7. The first-order valence-electron chi connectivity index (χ1n) is 6.64. The Morgan fingerprint density at radius 2 is 2.00 bits per heavy atom. The van der Waals surface area contributed by atoms with E-state index in [0.717, 1.165) is 0 Å². The van der Waals surface area contributed by atoms with Crippen molar-refractivity contribution >= 4 is 17.6 Å². The van der Waals surface area contributed by atoms with E-state index < -0.39 is 22.9 Å². The predicted molar refractivity (Wildman–Crippen MR) is 73.6 cm³/mol. The smallest absolute Gasteiger partial charge is 0.308 e. The van der Waals surface area contributed by atoms with Crippen LogP contribution in [0.3, 0.4) is 0 Å². The number of carbonyl (C=O) groups excluding carboxylic acids is 1. The molecule has 7 nitrogen and oxygen atoms in total. The zero-order chi connectivity index (χ0) is 15.6. The lowest BCUT2D eigenvalue weighted by Gasteiger charge is -2.30. The molecule has 21 heavy (non-hydrogen) atoms. The monoisotopic (exact) mass is 292 g/mol. The predicted octanol–water partition coefficient (Wildman–Crippen LogP) is 1.98. The van der Waals surface area contributed by atoms with Crippen LogP contribution in [0, 0.1) is 16.0 Å². The Balaban J connectivity index is 2.40. The summed E-state index contributed by atoms with van der Waals surface area (Å²) in [4.78, 5) is 35.0. The molecule has 0 saturated carbocycles. The van der Waals surface area contributed by atoms with E-state index in [9.17, 15) is 24.8 Å². The van der Waals surface area contributed by atoms with Gasteiger partial charge >= 0.3 is 5.97 Å². The fourth-order valence-corrected chi connectivity index (χ4v) is 2.74. The van der Waals surface area contributed by atoms with Crippen molar-refractivity contribution in [2.24, 2.45) is 5.92 Å². The van der Waals surface area contributed by atoms with Gasteiger partial charge in [0.05, 0.1) is 16.9 Å². The number of nitrogens with zero attached hydrogens (tertiary/aromatic N) is 2. The van der Waals surface area contributed by atoms with Crippen molar-refractivity contribution in [2.75, 3.05) is 7.05 Å². The van der Waals surface area contributed by atoms with Crippen molar-refractivity contribution in [3.05, 3.63) is 39.9 Å². The summed E-state index contributed by atoms with van der Waals surface area (Å²) < 4.78 is 0. The van der Waals surface area contributed by atoms with Crippen LogP contribution in [0.2, 0.25) is 0 Å². The maximum atomic E-state index is 12.0. The van der Waals surface area contributed by atoms with E-state index >= 15 is 0 Å². The lowest BCUT2D eigenvalue weighted by molar-refractivity contribution is -0.384. The number of aliphatic carboxylic acids is 1. The zero-order valence-electron chi connectivity index (χ0n) is 11.6. The summed E-state index contributed by atoms with van der Waals surface area (Å²) in [5.41, 5.74) is 0.541. The number of benzene rings is 1. The Morgan fingerprint density at radius 1 is 1.38 bits per heavy atom. The molecule has 0 aromatic heterocycles. The lowest BCUT2D eigenvalue weighted by atomic mass is 9.89. The van der Waals surface area contributed by atoms with Gasteiger partial charge in [-0.25, -0.2) is 0 Å². The molecular formula is C14H16N2O5. The van der Waals surface area contributed by atoms with Crippen LogP contribution < -0.4 is 0 Å². The molecule has 2 unspecified atom stereocenters. The average Bonchev–Trinajstić information content (AvgIpc) is 2.59. The minimum Gasteiger partial charge on any atom is -0.481 e. The van der Waals surface area contributed by atoms with E-state index in [1.165, 1.54) is 29.2 Å². The fourth-order valence-electron chi connectivity index (χ4n) is 2.74. The van der Waals surface area contributed by atoms with Gasteiger partial charge in [-0.15, -0.1) is 0 Å². The highest BCUT2D eigenvalue weighted by Crippen LogP contribution is 2.35. The van der Waals surface area contributed by atoms with Gasteiger partial charge < -0.3 is 10.0 Å². The van der Waals surface area contributed by atoms with Gasteiger partial charge in [-0.05, 0) is 18.4 Å². The molecule has 0 radical (unpaired) electrons. The molecule has 0 aliphatic carbocycles. The van der Waals surface area contributed by atoms with Crippen LogP contribution in [0.15, 0.2) is 24.3 Å². The summed E-state index contributed by atoms with van der Waals surface area (Å²) in [6.45, 7) is 0. The molecule has 1 aliphatic heterocycles. The van der Waals surface area contributed by atoms with Crippen LogP contribution in [0.1, 0.15) is 30.9 Å². The number of carboxylic acid groups (broad SMARTS) is 1. The number of nitro benzene ring substituents is 1. The number of non-ortho nitro benzene ring substituents is 1. The number of nitro groups is 1.